The summed E-state index contributed by atoms with van der Waals surface area (Å²) in [5.74, 6) is -1.05. The van der Waals surface area contributed by atoms with Crippen LogP contribution < -0.4 is 10.6 Å². The van der Waals surface area contributed by atoms with E-state index in [9.17, 15) is 22.8 Å². The van der Waals surface area contributed by atoms with Gasteiger partial charge in [0.25, 0.3) is 5.91 Å². The van der Waals surface area contributed by atoms with Gasteiger partial charge in [0, 0.05) is 39.5 Å². The molecule has 1 unspecified atom stereocenters. The van der Waals surface area contributed by atoms with E-state index in [0.29, 0.717) is 23.3 Å². The molecule has 8 heteroatoms. The van der Waals surface area contributed by atoms with Gasteiger partial charge < -0.3 is 10.6 Å². The molecule has 30 heavy (non-hydrogen) atoms. The molecule has 156 valence electrons. The second-order valence-corrected chi connectivity index (χ2v) is 8.29. The molecule has 1 atom stereocenters. The summed E-state index contributed by atoms with van der Waals surface area (Å²) in [4.78, 5) is 26.8. The molecule has 0 bridgehead atoms. The normalized spacial score (nSPS) is 19.5. The molecule has 2 aromatic rings. The van der Waals surface area contributed by atoms with Gasteiger partial charge in [-0.3, -0.25) is 9.59 Å². The Morgan fingerprint density at radius 3 is 2.70 bits per heavy atom. The fraction of sp³-hybridized carbons (Fsp3) is 0.273. The van der Waals surface area contributed by atoms with E-state index in [4.69, 9.17) is 0 Å². The van der Waals surface area contributed by atoms with Crippen LogP contribution in [0.3, 0.4) is 0 Å². The maximum Gasteiger partial charge on any atom is 0.416 e. The summed E-state index contributed by atoms with van der Waals surface area (Å²) < 4.78 is 39.1. The SMILES string of the molecule is CC1=C(C(=O)Nc2cccc(C(F)(F)F)c2)C(c2cccs2)C2=C(CCCC2=O)N1. The number of halogens is 3. The molecule has 0 spiro atoms. The standard InChI is InChI=1S/C22H19F3N2O2S/c1-12-18(21(29)27-14-6-2-5-13(11-14)22(23,24)25)20(17-9-4-10-30-17)19-15(26-12)7-3-8-16(19)28/h2,4-6,9-11,20,26H,3,7-8H2,1H3,(H,27,29). The second kappa shape index (κ2) is 7.75. The van der Waals surface area contributed by atoms with E-state index in [1.54, 1.807) is 6.92 Å². The first-order valence-electron chi connectivity index (χ1n) is 9.51. The molecular weight excluding hydrogens is 413 g/mol. The van der Waals surface area contributed by atoms with Crippen molar-refractivity contribution in [1.82, 2.24) is 5.32 Å². The highest BCUT2D eigenvalue weighted by Gasteiger charge is 2.39. The highest BCUT2D eigenvalue weighted by Crippen LogP contribution is 2.44. The number of hydrogen-bond acceptors (Lipinski definition) is 4. The summed E-state index contributed by atoms with van der Waals surface area (Å²) >= 11 is 1.45. The minimum absolute atomic E-state index is 0.000909. The minimum atomic E-state index is -4.50. The Hall–Kier alpha value is -2.87. The topological polar surface area (TPSA) is 58.2 Å². The fourth-order valence-corrected chi connectivity index (χ4v) is 4.84. The smallest absolute Gasteiger partial charge is 0.362 e. The largest absolute Gasteiger partial charge is 0.416 e. The molecule has 2 aliphatic rings. The van der Waals surface area contributed by atoms with Gasteiger partial charge in [0.05, 0.1) is 11.5 Å². The monoisotopic (exact) mass is 432 g/mol. The number of dihydropyridines is 1. The number of allylic oxidation sites excluding steroid dienone is 3. The van der Waals surface area contributed by atoms with E-state index in [2.05, 4.69) is 10.6 Å². The van der Waals surface area contributed by atoms with Crippen molar-refractivity contribution in [2.45, 2.75) is 38.3 Å². The number of hydrogen-bond donors (Lipinski definition) is 2. The third-order valence-corrected chi connectivity index (χ3v) is 6.23. The number of Topliss-reactive ketones (excluding diaryl/α,β-unsaturated/α-hetero) is 1. The summed E-state index contributed by atoms with van der Waals surface area (Å²) in [5.41, 5.74) is 1.58. The third-order valence-electron chi connectivity index (χ3n) is 5.30. The number of rotatable bonds is 3. The molecule has 1 aliphatic carbocycles. The van der Waals surface area contributed by atoms with Crippen molar-refractivity contribution in [3.63, 3.8) is 0 Å². The van der Waals surface area contributed by atoms with Crippen molar-refractivity contribution >= 4 is 28.7 Å². The van der Waals surface area contributed by atoms with Crippen LogP contribution in [0.1, 0.15) is 42.5 Å². The Bertz CT molecular complexity index is 1070. The zero-order valence-electron chi connectivity index (χ0n) is 16.1. The van der Waals surface area contributed by atoms with Gasteiger partial charge in [-0.25, -0.2) is 0 Å². The quantitative estimate of drug-likeness (QED) is 0.685. The Kier molecular flexibility index (Phi) is 5.27. The fourth-order valence-electron chi connectivity index (χ4n) is 4.00. The van der Waals surface area contributed by atoms with Crippen LogP contribution in [0, 0.1) is 0 Å². The van der Waals surface area contributed by atoms with Crippen LogP contribution >= 0.6 is 11.3 Å². The summed E-state index contributed by atoms with van der Waals surface area (Å²) in [7, 11) is 0. The molecule has 4 nitrogen and oxygen atoms in total. The molecule has 0 saturated carbocycles. The number of thiophene rings is 1. The molecule has 2 heterocycles. The molecule has 2 N–H and O–H groups in total. The zero-order chi connectivity index (χ0) is 21.5. The van der Waals surface area contributed by atoms with E-state index >= 15 is 0 Å². The second-order valence-electron chi connectivity index (χ2n) is 7.31. The lowest BCUT2D eigenvalue weighted by Gasteiger charge is -2.33. The molecule has 0 radical (unpaired) electrons. The van der Waals surface area contributed by atoms with Crippen molar-refractivity contribution in [3.05, 3.63) is 74.8 Å². The van der Waals surface area contributed by atoms with Crippen LogP contribution in [0.2, 0.25) is 0 Å². The first-order valence-corrected chi connectivity index (χ1v) is 10.4. The lowest BCUT2D eigenvalue weighted by Crippen LogP contribution is -2.35. The van der Waals surface area contributed by atoms with Gasteiger partial charge in [-0.2, -0.15) is 13.2 Å². The van der Waals surface area contributed by atoms with Gasteiger partial charge in [-0.15, -0.1) is 11.3 Å². The van der Waals surface area contributed by atoms with Crippen LogP contribution in [0.4, 0.5) is 18.9 Å². The van der Waals surface area contributed by atoms with Crippen LogP contribution in [0.5, 0.6) is 0 Å². The van der Waals surface area contributed by atoms with Gasteiger partial charge in [0.2, 0.25) is 0 Å². The minimum Gasteiger partial charge on any atom is -0.362 e. The molecule has 1 amide bonds. The van der Waals surface area contributed by atoms with Crippen molar-refractivity contribution in [3.8, 4) is 0 Å². The molecule has 0 saturated heterocycles. The Morgan fingerprint density at radius 1 is 1.20 bits per heavy atom. The summed E-state index contributed by atoms with van der Waals surface area (Å²) in [5, 5.41) is 7.66. The van der Waals surface area contributed by atoms with E-state index < -0.39 is 23.6 Å². The van der Waals surface area contributed by atoms with Crippen molar-refractivity contribution in [2.75, 3.05) is 5.32 Å². The first kappa shape index (κ1) is 20.4. The van der Waals surface area contributed by atoms with E-state index in [1.807, 2.05) is 17.5 Å². The summed E-state index contributed by atoms with van der Waals surface area (Å²) in [6, 6.07) is 8.25. The number of ketones is 1. The highest BCUT2D eigenvalue weighted by atomic mass is 32.1. The molecule has 1 aromatic carbocycles. The Labute approximate surface area is 175 Å². The number of nitrogens with one attached hydrogen (secondary N) is 2. The number of benzene rings is 1. The number of carbonyl (C=O) groups excluding carboxylic acids is 2. The van der Waals surface area contributed by atoms with Crippen LogP contribution in [0.25, 0.3) is 0 Å². The first-order chi connectivity index (χ1) is 14.3. The summed E-state index contributed by atoms with van der Waals surface area (Å²) in [6.07, 6.45) is -2.61. The summed E-state index contributed by atoms with van der Waals surface area (Å²) in [6.45, 7) is 1.75. The van der Waals surface area contributed by atoms with E-state index in [-0.39, 0.29) is 11.5 Å². The van der Waals surface area contributed by atoms with E-state index in [0.717, 1.165) is 35.5 Å². The highest BCUT2D eigenvalue weighted by molar-refractivity contribution is 7.10. The lowest BCUT2D eigenvalue weighted by atomic mass is 9.77. The van der Waals surface area contributed by atoms with Gasteiger partial charge in [-0.05, 0) is 49.4 Å². The van der Waals surface area contributed by atoms with E-state index in [1.165, 1.54) is 23.5 Å². The van der Waals surface area contributed by atoms with Gasteiger partial charge in [0.15, 0.2) is 5.78 Å². The Morgan fingerprint density at radius 2 is 2.00 bits per heavy atom. The van der Waals surface area contributed by atoms with Gasteiger partial charge >= 0.3 is 6.18 Å². The maximum atomic E-state index is 13.2. The average Bonchev–Trinajstić information content (AvgIpc) is 3.21. The predicted octanol–water partition coefficient (Wildman–Crippen LogP) is 5.37. The maximum absolute atomic E-state index is 13.2. The van der Waals surface area contributed by atoms with Crippen LogP contribution in [0.15, 0.2) is 64.3 Å². The molecular formula is C22H19F3N2O2S. The van der Waals surface area contributed by atoms with Crippen molar-refractivity contribution < 1.29 is 22.8 Å². The lowest BCUT2D eigenvalue weighted by molar-refractivity contribution is -0.137. The predicted molar refractivity (Wildman–Crippen MR) is 109 cm³/mol. The average molecular weight is 432 g/mol. The molecule has 1 aromatic heterocycles. The zero-order valence-corrected chi connectivity index (χ0v) is 16.9. The number of amides is 1. The third kappa shape index (κ3) is 3.79. The number of alkyl halides is 3. The van der Waals surface area contributed by atoms with Crippen molar-refractivity contribution in [2.24, 2.45) is 0 Å². The Balaban J connectivity index is 1.71. The number of carbonyl (C=O) groups is 2. The van der Waals surface area contributed by atoms with Crippen molar-refractivity contribution in [1.29, 1.82) is 0 Å². The van der Waals surface area contributed by atoms with Gasteiger partial charge in [0.1, 0.15) is 0 Å². The molecule has 0 fully saturated rings. The molecule has 4 rings (SSSR count). The number of anilines is 1. The van der Waals surface area contributed by atoms with Crippen LogP contribution in [-0.4, -0.2) is 11.7 Å². The van der Waals surface area contributed by atoms with Gasteiger partial charge in [-0.1, -0.05) is 12.1 Å². The van der Waals surface area contributed by atoms with Crippen LogP contribution in [-0.2, 0) is 15.8 Å². The molecule has 1 aliphatic heterocycles.